The van der Waals surface area contributed by atoms with E-state index in [1.165, 1.54) is 30.9 Å². The van der Waals surface area contributed by atoms with Crippen LogP contribution in [0.15, 0.2) is 15.8 Å². The van der Waals surface area contributed by atoms with Crippen LogP contribution in [0.2, 0.25) is 0 Å². The molecule has 0 radical (unpaired) electrons. The summed E-state index contributed by atoms with van der Waals surface area (Å²) in [7, 11) is 3.08. The van der Waals surface area contributed by atoms with Crippen LogP contribution in [0.1, 0.15) is 43.7 Å². The Balaban J connectivity index is 2.20. The van der Waals surface area contributed by atoms with Crippen molar-refractivity contribution >= 4 is 11.2 Å². The smallest absolute Gasteiger partial charge is 0.279 e. The molecule has 106 valence electrons. The summed E-state index contributed by atoms with van der Waals surface area (Å²) in [6, 6.07) is 0. The van der Waals surface area contributed by atoms with Gasteiger partial charge in [0, 0.05) is 20.0 Å². The minimum atomic E-state index is -0.373. The van der Waals surface area contributed by atoms with Crippen LogP contribution in [0.5, 0.6) is 0 Å². The lowest BCUT2D eigenvalue weighted by atomic mass is 9.87. The van der Waals surface area contributed by atoms with Crippen LogP contribution in [-0.2, 0) is 14.1 Å². The summed E-state index contributed by atoms with van der Waals surface area (Å²) in [5.74, 6) is 0.391. The van der Waals surface area contributed by atoms with Crippen molar-refractivity contribution in [2.75, 3.05) is 0 Å². The molecule has 1 fully saturated rings. The van der Waals surface area contributed by atoms with Crippen molar-refractivity contribution in [3.8, 4) is 0 Å². The first-order chi connectivity index (χ1) is 9.59. The molecule has 2 heterocycles. The highest BCUT2D eigenvalue weighted by Crippen LogP contribution is 2.31. The summed E-state index contributed by atoms with van der Waals surface area (Å²) < 4.78 is 2.45. The second-order valence-corrected chi connectivity index (χ2v) is 5.51. The molecule has 1 saturated carbocycles. The highest BCUT2D eigenvalue weighted by molar-refractivity contribution is 5.68. The van der Waals surface area contributed by atoms with Gasteiger partial charge in [0.1, 0.15) is 0 Å². The zero-order valence-electron chi connectivity index (χ0n) is 11.8. The summed E-state index contributed by atoms with van der Waals surface area (Å²) in [6.07, 6.45) is 7.61. The first-order valence-corrected chi connectivity index (χ1v) is 7.02. The zero-order chi connectivity index (χ0) is 14.3. The van der Waals surface area contributed by atoms with E-state index in [1.54, 1.807) is 13.2 Å². The van der Waals surface area contributed by atoms with Gasteiger partial charge in [-0.2, -0.15) is 0 Å². The third-order valence-corrected chi connectivity index (χ3v) is 4.19. The van der Waals surface area contributed by atoms with Crippen LogP contribution in [-0.4, -0.2) is 19.1 Å². The Bertz CT molecular complexity index is 769. The largest absolute Gasteiger partial charge is 0.332 e. The summed E-state index contributed by atoms with van der Waals surface area (Å²) in [4.78, 5) is 32.8. The maximum atomic E-state index is 12.2. The van der Waals surface area contributed by atoms with Gasteiger partial charge in [-0.3, -0.25) is 13.9 Å². The molecule has 1 aliphatic rings. The van der Waals surface area contributed by atoms with Crippen molar-refractivity contribution in [1.82, 2.24) is 19.1 Å². The molecule has 0 amide bonds. The highest BCUT2D eigenvalue weighted by atomic mass is 16.2. The average Bonchev–Trinajstić information content (AvgIpc) is 2.51. The zero-order valence-corrected chi connectivity index (χ0v) is 11.8. The van der Waals surface area contributed by atoms with Gasteiger partial charge in [0.2, 0.25) is 0 Å². The Morgan fingerprint density at radius 1 is 1.10 bits per heavy atom. The lowest BCUT2D eigenvalue weighted by Gasteiger charge is -2.20. The van der Waals surface area contributed by atoms with Gasteiger partial charge < -0.3 is 0 Å². The van der Waals surface area contributed by atoms with E-state index in [1.807, 2.05) is 0 Å². The number of hydrogen-bond donors (Lipinski definition) is 0. The van der Waals surface area contributed by atoms with Gasteiger partial charge in [0.15, 0.2) is 11.2 Å². The third-order valence-electron chi connectivity index (χ3n) is 4.19. The van der Waals surface area contributed by atoms with Crippen LogP contribution in [0, 0.1) is 0 Å². The molecule has 2 aromatic heterocycles. The van der Waals surface area contributed by atoms with Crippen molar-refractivity contribution in [1.29, 1.82) is 0 Å². The van der Waals surface area contributed by atoms with Gasteiger partial charge in [-0.1, -0.05) is 19.3 Å². The van der Waals surface area contributed by atoms with E-state index in [0.29, 0.717) is 11.6 Å². The molecule has 0 N–H and O–H groups in total. The number of fused-ring (bicyclic) bond motifs is 1. The van der Waals surface area contributed by atoms with E-state index < -0.39 is 0 Å². The Morgan fingerprint density at radius 3 is 2.50 bits per heavy atom. The molecule has 0 spiro atoms. The molecule has 2 aromatic rings. The van der Waals surface area contributed by atoms with E-state index in [-0.39, 0.29) is 16.8 Å². The molecule has 0 saturated heterocycles. The second kappa shape index (κ2) is 4.85. The van der Waals surface area contributed by atoms with E-state index in [4.69, 9.17) is 0 Å². The van der Waals surface area contributed by atoms with E-state index >= 15 is 0 Å². The predicted molar refractivity (Wildman–Crippen MR) is 75.8 cm³/mol. The van der Waals surface area contributed by atoms with Crippen molar-refractivity contribution < 1.29 is 0 Å². The monoisotopic (exact) mass is 274 g/mol. The maximum absolute atomic E-state index is 12.2. The molecule has 6 heteroatoms. The van der Waals surface area contributed by atoms with E-state index in [0.717, 1.165) is 23.1 Å². The Morgan fingerprint density at radius 2 is 1.80 bits per heavy atom. The van der Waals surface area contributed by atoms with E-state index in [9.17, 15) is 9.59 Å². The number of hydrogen-bond acceptors (Lipinski definition) is 4. The maximum Gasteiger partial charge on any atom is 0.332 e. The van der Waals surface area contributed by atoms with Gasteiger partial charge >= 0.3 is 5.69 Å². The van der Waals surface area contributed by atoms with Gasteiger partial charge in [-0.15, -0.1) is 0 Å². The highest BCUT2D eigenvalue weighted by Gasteiger charge is 2.19. The van der Waals surface area contributed by atoms with Crippen LogP contribution in [0.25, 0.3) is 11.2 Å². The summed E-state index contributed by atoms with van der Waals surface area (Å²) in [5, 5.41) is 0. The Labute approximate surface area is 116 Å². The van der Waals surface area contributed by atoms with Gasteiger partial charge in [0.05, 0.1) is 11.9 Å². The first-order valence-electron chi connectivity index (χ1n) is 7.02. The summed E-state index contributed by atoms with van der Waals surface area (Å²) in [5.41, 5.74) is 0.791. The number of aromatic nitrogens is 4. The van der Waals surface area contributed by atoms with Crippen molar-refractivity contribution in [3.63, 3.8) is 0 Å². The molecule has 0 bridgehead atoms. The molecular weight excluding hydrogens is 256 g/mol. The average molecular weight is 274 g/mol. The molecule has 0 unspecified atom stereocenters. The second-order valence-electron chi connectivity index (χ2n) is 5.51. The van der Waals surface area contributed by atoms with Gasteiger partial charge in [-0.05, 0) is 12.8 Å². The lowest BCUT2D eigenvalue weighted by molar-refractivity contribution is 0.436. The molecule has 6 nitrogen and oxygen atoms in total. The molecular formula is C14H18N4O2. The summed E-state index contributed by atoms with van der Waals surface area (Å²) >= 11 is 0. The third kappa shape index (κ3) is 1.95. The van der Waals surface area contributed by atoms with Crippen LogP contribution < -0.4 is 11.2 Å². The molecule has 1 aliphatic carbocycles. The van der Waals surface area contributed by atoms with Crippen molar-refractivity contribution in [2.24, 2.45) is 14.1 Å². The SMILES string of the molecule is Cn1c(=O)c2nc(C3CCCCC3)cnc2n(C)c1=O. The van der Waals surface area contributed by atoms with Crippen molar-refractivity contribution in [3.05, 3.63) is 32.7 Å². The van der Waals surface area contributed by atoms with E-state index in [2.05, 4.69) is 9.97 Å². The number of aryl methyl sites for hydroxylation is 1. The van der Waals surface area contributed by atoms with Crippen LogP contribution in [0.3, 0.4) is 0 Å². The van der Waals surface area contributed by atoms with Gasteiger partial charge in [0.25, 0.3) is 5.56 Å². The van der Waals surface area contributed by atoms with Gasteiger partial charge in [-0.25, -0.2) is 14.8 Å². The lowest BCUT2D eigenvalue weighted by Crippen LogP contribution is -2.37. The number of nitrogens with zero attached hydrogens (tertiary/aromatic N) is 4. The fraction of sp³-hybridized carbons (Fsp3) is 0.571. The molecule has 0 atom stereocenters. The first kappa shape index (κ1) is 13.0. The molecule has 3 rings (SSSR count). The molecule has 0 aliphatic heterocycles. The van der Waals surface area contributed by atoms with Crippen LogP contribution >= 0.6 is 0 Å². The molecule has 20 heavy (non-hydrogen) atoms. The quantitative estimate of drug-likeness (QED) is 0.780. The topological polar surface area (TPSA) is 69.8 Å². The standard InChI is InChI=1S/C14H18N4O2/c1-17-12-11(13(19)18(2)14(17)20)16-10(8-15-12)9-6-4-3-5-7-9/h8-9H,3-7H2,1-2H3. The number of rotatable bonds is 1. The molecule has 0 aromatic carbocycles. The normalized spacial score (nSPS) is 16.7. The minimum Gasteiger partial charge on any atom is -0.279 e. The van der Waals surface area contributed by atoms with Crippen molar-refractivity contribution in [2.45, 2.75) is 38.0 Å². The fourth-order valence-electron chi connectivity index (χ4n) is 2.94. The Hall–Kier alpha value is -1.98. The predicted octanol–water partition coefficient (Wildman–Crippen LogP) is 1.07. The summed E-state index contributed by atoms with van der Waals surface area (Å²) in [6.45, 7) is 0. The minimum absolute atomic E-state index is 0.290. The Kier molecular flexibility index (Phi) is 3.16. The fourth-order valence-corrected chi connectivity index (χ4v) is 2.94. The van der Waals surface area contributed by atoms with Crippen LogP contribution in [0.4, 0.5) is 0 Å².